The highest BCUT2D eigenvalue weighted by Gasteiger charge is 2.26. The summed E-state index contributed by atoms with van der Waals surface area (Å²) in [5, 5.41) is 13.2. The maximum atomic E-state index is 12.4. The second kappa shape index (κ2) is 7.76. The molecule has 2 aliphatic heterocycles. The summed E-state index contributed by atoms with van der Waals surface area (Å²) in [7, 11) is 0. The lowest BCUT2D eigenvalue weighted by atomic mass is 9.95. The standard InChI is InChI=1S/C16H24N4O4/c21-15(19-6-8-24-9-7-19)11-18-4-1-2-13(10-18)14-3-5-20(17-14)12-16(22)23/h3,5,13H,1-2,4,6-12H2,(H,22,23). The van der Waals surface area contributed by atoms with E-state index in [1.807, 2.05) is 11.0 Å². The zero-order valence-electron chi connectivity index (χ0n) is 13.8. The first kappa shape index (κ1) is 16.9. The van der Waals surface area contributed by atoms with Crippen LogP contribution < -0.4 is 0 Å². The molecule has 2 fully saturated rings. The Balaban J connectivity index is 1.54. The number of carbonyl (C=O) groups excluding carboxylic acids is 1. The molecule has 0 saturated carbocycles. The van der Waals surface area contributed by atoms with E-state index in [1.54, 1.807) is 6.20 Å². The average Bonchev–Trinajstić information content (AvgIpc) is 3.03. The van der Waals surface area contributed by atoms with Crippen LogP contribution in [0.4, 0.5) is 0 Å². The Bertz CT molecular complexity index is 582. The minimum atomic E-state index is -0.897. The second-order valence-electron chi connectivity index (χ2n) is 6.40. The van der Waals surface area contributed by atoms with Crippen molar-refractivity contribution in [2.45, 2.75) is 25.3 Å². The zero-order chi connectivity index (χ0) is 16.9. The summed E-state index contributed by atoms with van der Waals surface area (Å²) >= 11 is 0. The molecule has 3 rings (SSSR count). The molecule has 1 atom stereocenters. The van der Waals surface area contributed by atoms with E-state index >= 15 is 0 Å². The number of ether oxygens (including phenoxy) is 1. The van der Waals surface area contributed by atoms with Gasteiger partial charge in [-0.05, 0) is 25.5 Å². The Morgan fingerprint density at radius 2 is 2.04 bits per heavy atom. The lowest BCUT2D eigenvalue weighted by molar-refractivity contribution is -0.138. The number of hydrogen-bond donors (Lipinski definition) is 1. The van der Waals surface area contributed by atoms with Gasteiger partial charge in [-0.25, -0.2) is 0 Å². The number of aliphatic carboxylic acids is 1. The van der Waals surface area contributed by atoms with E-state index in [1.165, 1.54) is 4.68 Å². The number of rotatable bonds is 5. The van der Waals surface area contributed by atoms with Gasteiger partial charge in [0.2, 0.25) is 5.91 Å². The van der Waals surface area contributed by atoms with Gasteiger partial charge in [0.05, 0.1) is 25.5 Å². The summed E-state index contributed by atoms with van der Waals surface area (Å²) in [6.45, 7) is 4.62. The molecule has 2 aliphatic rings. The molecule has 2 saturated heterocycles. The fourth-order valence-corrected chi connectivity index (χ4v) is 3.37. The monoisotopic (exact) mass is 336 g/mol. The molecule has 1 aromatic rings. The number of aromatic nitrogens is 2. The van der Waals surface area contributed by atoms with E-state index in [2.05, 4.69) is 10.00 Å². The van der Waals surface area contributed by atoms with Gasteiger partial charge in [-0.15, -0.1) is 0 Å². The molecular formula is C16H24N4O4. The third-order valence-corrected chi connectivity index (χ3v) is 4.60. The Kier molecular flexibility index (Phi) is 5.47. The van der Waals surface area contributed by atoms with Crippen LogP contribution in [0.15, 0.2) is 12.3 Å². The molecule has 3 heterocycles. The Morgan fingerprint density at radius 3 is 2.79 bits per heavy atom. The fourth-order valence-electron chi connectivity index (χ4n) is 3.37. The predicted octanol–water partition coefficient (Wildman–Crippen LogP) is 0.00590. The van der Waals surface area contributed by atoms with Crippen molar-refractivity contribution in [1.82, 2.24) is 19.6 Å². The molecule has 1 amide bonds. The molecule has 0 radical (unpaired) electrons. The molecule has 0 bridgehead atoms. The summed E-state index contributed by atoms with van der Waals surface area (Å²) in [6, 6.07) is 1.89. The van der Waals surface area contributed by atoms with E-state index in [0.717, 1.165) is 31.6 Å². The zero-order valence-corrected chi connectivity index (χ0v) is 13.8. The summed E-state index contributed by atoms with van der Waals surface area (Å²) in [5.41, 5.74) is 0.916. The molecule has 1 aromatic heterocycles. The topological polar surface area (TPSA) is 87.9 Å². The molecule has 8 heteroatoms. The number of carboxylic acids is 1. The predicted molar refractivity (Wildman–Crippen MR) is 85.7 cm³/mol. The van der Waals surface area contributed by atoms with Gasteiger partial charge in [-0.1, -0.05) is 0 Å². The number of amides is 1. The van der Waals surface area contributed by atoms with Crippen molar-refractivity contribution < 1.29 is 19.4 Å². The number of morpholine rings is 1. The SMILES string of the molecule is O=C(O)Cn1ccc(C2CCCN(CC(=O)N3CCOCC3)C2)n1. The van der Waals surface area contributed by atoms with E-state index in [0.29, 0.717) is 32.8 Å². The van der Waals surface area contributed by atoms with Gasteiger partial charge in [0.1, 0.15) is 6.54 Å². The quantitative estimate of drug-likeness (QED) is 0.815. The van der Waals surface area contributed by atoms with Crippen LogP contribution in [0.25, 0.3) is 0 Å². The van der Waals surface area contributed by atoms with Gasteiger partial charge < -0.3 is 14.7 Å². The van der Waals surface area contributed by atoms with Crippen LogP contribution in [0.3, 0.4) is 0 Å². The van der Waals surface area contributed by atoms with Crippen LogP contribution in [-0.2, 0) is 20.9 Å². The van der Waals surface area contributed by atoms with Crippen LogP contribution in [0, 0.1) is 0 Å². The minimum Gasteiger partial charge on any atom is -0.480 e. The molecular weight excluding hydrogens is 312 g/mol. The van der Waals surface area contributed by atoms with E-state index in [4.69, 9.17) is 9.84 Å². The molecule has 1 N–H and O–H groups in total. The second-order valence-corrected chi connectivity index (χ2v) is 6.40. The van der Waals surface area contributed by atoms with Crippen LogP contribution in [0.2, 0.25) is 0 Å². The van der Waals surface area contributed by atoms with Crippen LogP contribution in [-0.4, -0.2) is 82.5 Å². The van der Waals surface area contributed by atoms with E-state index in [-0.39, 0.29) is 18.4 Å². The molecule has 0 aliphatic carbocycles. The first-order valence-corrected chi connectivity index (χ1v) is 8.45. The van der Waals surface area contributed by atoms with Crippen molar-refractivity contribution in [1.29, 1.82) is 0 Å². The minimum absolute atomic E-state index is 0.119. The molecule has 1 unspecified atom stereocenters. The highest BCUT2D eigenvalue weighted by atomic mass is 16.5. The maximum absolute atomic E-state index is 12.4. The highest BCUT2D eigenvalue weighted by molar-refractivity contribution is 5.78. The number of hydrogen-bond acceptors (Lipinski definition) is 5. The normalized spacial score (nSPS) is 22.5. The van der Waals surface area contributed by atoms with Crippen LogP contribution in [0.5, 0.6) is 0 Å². The summed E-state index contributed by atoms with van der Waals surface area (Å²) in [6.07, 6.45) is 3.75. The van der Waals surface area contributed by atoms with Gasteiger partial charge in [-0.3, -0.25) is 19.2 Å². The summed E-state index contributed by atoms with van der Waals surface area (Å²) in [4.78, 5) is 27.2. The average molecular weight is 336 g/mol. The molecule has 132 valence electrons. The Morgan fingerprint density at radius 1 is 1.25 bits per heavy atom. The van der Waals surface area contributed by atoms with Crippen LogP contribution >= 0.6 is 0 Å². The van der Waals surface area contributed by atoms with E-state index < -0.39 is 5.97 Å². The lowest BCUT2D eigenvalue weighted by Gasteiger charge is -2.34. The van der Waals surface area contributed by atoms with Gasteiger partial charge in [0.25, 0.3) is 0 Å². The number of carbonyl (C=O) groups is 2. The number of piperidine rings is 1. The number of likely N-dealkylation sites (tertiary alicyclic amines) is 1. The largest absolute Gasteiger partial charge is 0.480 e. The van der Waals surface area contributed by atoms with Crippen molar-refractivity contribution >= 4 is 11.9 Å². The van der Waals surface area contributed by atoms with Crippen LogP contribution in [0.1, 0.15) is 24.5 Å². The van der Waals surface area contributed by atoms with Gasteiger partial charge in [0.15, 0.2) is 0 Å². The smallest absolute Gasteiger partial charge is 0.325 e. The van der Waals surface area contributed by atoms with Crippen molar-refractivity contribution in [2.24, 2.45) is 0 Å². The summed E-state index contributed by atoms with van der Waals surface area (Å²) in [5.74, 6) is -0.479. The highest BCUT2D eigenvalue weighted by Crippen LogP contribution is 2.25. The third kappa shape index (κ3) is 4.33. The van der Waals surface area contributed by atoms with Crippen molar-refractivity contribution in [3.8, 4) is 0 Å². The van der Waals surface area contributed by atoms with Gasteiger partial charge >= 0.3 is 5.97 Å². The first-order chi connectivity index (χ1) is 11.6. The van der Waals surface area contributed by atoms with Crippen molar-refractivity contribution in [2.75, 3.05) is 45.9 Å². The third-order valence-electron chi connectivity index (χ3n) is 4.60. The summed E-state index contributed by atoms with van der Waals surface area (Å²) < 4.78 is 6.74. The first-order valence-electron chi connectivity index (χ1n) is 8.45. The lowest BCUT2D eigenvalue weighted by Crippen LogP contribution is -2.47. The molecule has 0 spiro atoms. The van der Waals surface area contributed by atoms with Gasteiger partial charge in [-0.2, -0.15) is 5.10 Å². The fraction of sp³-hybridized carbons (Fsp3) is 0.688. The van der Waals surface area contributed by atoms with Crippen molar-refractivity contribution in [3.05, 3.63) is 18.0 Å². The Labute approximate surface area is 141 Å². The van der Waals surface area contributed by atoms with Crippen molar-refractivity contribution in [3.63, 3.8) is 0 Å². The van der Waals surface area contributed by atoms with E-state index in [9.17, 15) is 9.59 Å². The maximum Gasteiger partial charge on any atom is 0.325 e. The molecule has 24 heavy (non-hydrogen) atoms. The Hall–Kier alpha value is -1.93. The number of nitrogens with zero attached hydrogens (tertiary/aromatic N) is 4. The molecule has 8 nitrogen and oxygen atoms in total. The van der Waals surface area contributed by atoms with Gasteiger partial charge in [0, 0.05) is 31.7 Å². The molecule has 0 aromatic carbocycles. The number of carboxylic acid groups (broad SMARTS) is 1.